The third-order valence-electron chi connectivity index (χ3n) is 3.79. The molecule has 1 aromatic carbocycles. The zero-order chi connectivity index (χ0) is 14.3. The van der Waals surface area contributed by atoms with Crippen LogP contribution in [0.25, 0.3) is 5.57 Å². The van der Waals surface area contributed by atoms with Gasteiger partial charge in [0.2, 0.25) is 0 Å². The van der Waals surface area contributed by atoms with E-state index in [1.165, 1.54) is 6.07 Å². The molecule has 1 nitrogen and oxygen atoms in total. The number of allylic oxidation sites excluding steroid dienone is 1. The highest BCUT2D eigenvalue weighted by Crippen LogP contribution is 2.46. The number of thioether (sulfide) groups is 1. The van der Waals surface area contributed by atoms with Gasteiger partial charge in [0.05, 0.1) is 17.2 Å². The maximum atomic E-state index is 12.8. The number of alkyl halides is 3. The van der Waals surface area contributed by atoms with Gasteiger partial charge in [-0.15, -0.1) is 0 Å². The molecule has 2 heterocycles. The van der Waals surface area contributed by atoms with E-state index in [-0.39, 0.29) is 0 Å². The fourth-order valence-electron chi connectivity index (χ4n) is 2.83. The average Bonchev–Trinajstić information content (AvgIpc) is 2.75. The summed E-state index contributed by atoms with van der Waals surface area (Å²) in [5.74, 6) is 0. The zero-order valence-electron chi connectivity index (χ0n) is 10.6. The van der Waals surface area contributed by atoms with Gasteiger partial charge in [-0.05, 0) is 48.6 Å². The van der Waals surface area contributed by atoms with Gasteiger partial charge in [-0.2, -0.15) is 30.2 Å². The first kappa shape index (κ1) is 13.6. The van der Waals surface area contributed by atoms with Crippen molar-refractivity contribution in [3.05, 3.63) is 41.0 Å². The molecule has 2 unspecified atom stereocenters. The summed E-state index contributed by atoms with van der Waals surface area (Å²) in [6.45, 7) is 0. The van der Waals surface area contributed by atoms with Crippen molar-refractivity contribution in [3.63, 3.8) is 0 Å². The predicted octanol–water partition coefficient (Wildman–Crippen LogP) is 4.63. The second-order valence-corrected chi connectivity index (χ2v) is 6.68. The quantitative estimate of drug-likeness (QED) is 0.754. The number of nitrogens with zero attached hydrogens (tertiary/aromatic N) is 1. The van der Waals surface area contributed by atoms with E-state index in [0.717, 1.165) is 37.0 Å². The van der Waals surface area contributed by atoms with Gasteiger partial charge >= 0.3 is 6.18 Å². The highest BCUT2D eigenvalue weighted by Gasteiger charge is 2.33. The summed E-state index contributed by atoms with van der Waals surface area (Å²) < 4.78 is 38.5. The molecule has 2 atom stereocenters. The molecule has 1 fully saturated rings. The monoisotopic (exact) mass is 295 g/mol. The number of fused-ring (bicyclic) bond motifs is 2. The number of nitriles is 1. The second kappa shape index (κ2) is 4.85. The van der Waals surface area contributed by atoms with Crippen molar-refractivity contribution in [1.29, 1.82) is 5.26 Å². The van der Waals surface area contributed by atoms with Crippen LogP contribution in [0.4, 0.5) is 13.2 Å². The van der Waals surface area contributed by atoms with Crippen LogP contribution < -0.4 is 0 Å². The first-order valence-corrected chi connectivity index (χ1v) is 7.39. The van der Waals surface area contributed by atoms with E-state index >= 15 is 0 Å². The minimum atomic E-state index is -4.37. The van der Waals surface area contributed by atoms with Crippen LogP contribution in [0.5, 0.6) is 0 Å². The number of hydrogen-bond acceptors (Lipinski definition) is 2. The van der Waals surface area contributed by atoms with Crippen molar-refractivity contribution < 1.29 is 13.2 Å². The minimum absolute atomic E-state index is 0.329. The molecule has 0 spiro atoms. The Morgan fingerprint density at radius 1 is 1.25 bits per heavy atom. The fourth-order valence-corrected chi connectivity index (χ4v) is 4.38. The van der Waals surface area contributed by atoms with Crippen molar-refractivity contribution in [2.24, 2.45) is 0 Å². The molecule has 0 N–H and O–H groups in total. The second-order valence-electron chi connectivity index (χ2n) is 5.14. The number of halogens is 3. The van der Waals surface area contributed by atoms with E-state index in [0.29, 0.717) is 21.6 Å². The molecule has 2 bridgehead atoms. The lowest BCUT2D eigenvalue weighted by molar-refractivity contribution is -0.137. The van der Waals surface area contributed by atoms with E-state index in [2.05, 4.69) is 0 Å². The Morgan fingerprint density at radius 3 is 2.70 bits per heavy atom. The molecule has 0 amide bonds. The topological polar surface area (TPSA) is 23.8 Å². The van der Waals surface area contributed by atoms with E-state index in [1.807, 2.05) is 23.9 Å². The van der Waals surface area contributed by atoms with Crippen molar-refractivity contribution in [3.8, 4) is 6.07 Å². The number of rotatable bonds is 1. The van der Waals surface area contributed by atoms with Crippen LogP contribution in [-0.4, -0.2) is 10.5 Å². The summed E-state index contributed by atoms with van der Waals surface area (Å²) in [6.07, 6.45) is 0.628. The van der Waals surface area contributed by atoms with Crippen LogP contribution in [0, 0.1) is 11.3 Å². The van der Waals surface area contributed by atoms with Crippen molar-refractivity contribution in [1.82, 2.24) is 0 Å². The molecule has 1 aromatic rings. The summed E-state index contributed by atoms with van der Waals surface area (Å²) in [5.41, 5.74) is 1.01. The first-order chi connectivity index (χ1) is 9.47. The number of benzene rings is 1. The summed E-state index contributed by atoms with van der Waals surface area (Å²) in [6, 6.07) is 5.39. The van der Waals surface area contributed by atoms with Gasteiger partial charge in [-0.3, -0.25) is 0 Å². The van der Waals surface area contributed by atoms with Gasteiger partial charge < -0.3 is 0 Å². The van der Waals surface area contributed by atoms with E-state index in [4.69, 9.17) is 5.26 Å². The Bertz CT molecular complexity index is 613. The fraction of sp³-hybridized carbons (Fsp3) is 0.400. The summed E-state index contributed by atoms with van der Waals surface area (Å²) >= 11 is 1.89. The first-order valence-electron chi connectivity index (χ1n) is 6.45. The van der Waals surface area contributed by atoms with Crippen LogP contribution in [0.2, 0.25) is 0 Å². The Kier molecular flexibility index (Phi) is 3.29. The third kappa shape index (κ3) is 2.45. The Hall–Kier alpha value is -1.41. The van der Waals surface area contributed by atoms with Crippen LogP contribution in [0.1, 0.15) is 36.0 Å². The normalized spacial score (nSPS) is 25.2. The van der Waals surface area contributed by atoms with Gasteiger partial charge in [0.25, 0.3) is 0 Å². The highest BCUT2D eigenvalue weighted by atomic mass is 32.2. The Labute approximate surface area is 119 Å². The molecule has 0 aromatic heterocycles. The molecule has 3 rings (SSSR count). The van der Waals surface area contributed by atoms with Gasteiger partial charge in [0.1, 0.15) is 0 Å². The SMILES string of the molecule is N#Cc1ccc(C(F)(F)F)cc1C1=CC2CCC(C1)S2. The highest BCUT2D eigenvalue weighted by molar-refractivity contribution is 8.01. The van der Waals surface area contributed by atoms with Crippen LogP contribution in [0.15, 0.2) is 24.3 Å². The molecular formula is C15H12F3NS. The molecule has 2 aliphatic rings. The van der Waals surface area contributed by atoms with Crippen molar-refractivity contribution >= 4 is 17.3 Å². The van der Waals surface area contributed by atoms with E-state index in [1.54, 1.807) is 0 Å². The molecule has 0 radical (unpaired) electrons. The number of hydrogen-bond donors (Lipinski definition) is 0. The molecule has 0 saturated carbocycles. The van der Waals surface area contributed by atoms with Gasteiger partial charge in [0.15, 0.2) is 0 Å². The smallest absolute Gasteiger partial charge is 0.192 e. The molecule has 2 aliphatic heterocycles. The molecule has 20 heavy (non-hydrogen) atoms. The maximum Gasteiger partial charge on any atom is 0.416 e. The Balaban J connectivity index is 2.06. The molecule has 1 saturated heterocycles. The standard InChI is InChI=1S/C15H12F3NS/c16-15(17,18)11-2-1-9(8-19)14(7-11)10-5-12-3-4-13(6-10)20-12/h1-2,5,7,12-13H,3-4,6H2. The predicted molar refractivity (Wildman–Crippen MR) is 73.2 cm³/mol. The molecular weight excluding hydrogens is 283 g/mol. The van der Waals surface area contributed by atoms with Gasteiger partial charge in [0, 0.05) is 10.5 Å². The summed E-state index contributed by atoms with van der Waals surface area (Å²) in [7, 11) is 0. The zero-order valence-corrected chi connectivity index (χ0v) is 11.4. The van der Waals surface area contributed by atoms with Gasteiger partial charge in [-0.25, -0.2) is 0 Å². The van der Waals surface area contributed by atoms with Gasteiger partial charge in [-0.1, -0.05) is 6.08 Å². The van der Waals surface area contributed by atoms with Crippen LogP contribution in [0.3, 0.4) is 0 Å². The van der Waals surface area contributed by atoms with Crippen molar-refractivity contribution in [2.75, 3.05) is 0 Å². The average molecular weight is 295 g/mol. The van der Waals surface area contributed by atoms with E-state index in [9.17, 15) is 13.2 Å². The lowest BCUT2D eigenvalue weighted by atomic mass is 9.94. The maximum absolute atomic E-state index is 12.8. The molecule has 0 aliphatic carbocycles. The lowest BCUT2D eigenvalue weighted by Crippen LogP contribution is -2.09. The Morgan fingerprint density at radius 2 is 2.05 bits per heavy atom. The molecule has 5 heteroatoms. The minimum Gasteiger partial charge on any atom is -0.192 e. The summed E-state index contributed by atoms with van der Waals surface area (Å²) in [4.78, 5) is 0. The third-order valence-corrected chi connectivity index (χ3v) is 5.30. The van der Waals surface area contributed by atoms with Crippen molar-refractivity contribution in [2.45, 2.75) is 35.9 Å². The largest absolute Gasteiger partial charge is 0.416 e. The lowest BCUT2D eigenvalue weighted by Gasteiger charge is -2.21. The summed E-state index contributed by atoms with van der Waals surface area (Å²) in [5, 5.41) is 10.0. The molecule has 104 valence electrons. The van der Waals surface area contributed by atoms with E-state index < -0.39 is 11.7 Å². The van der Waals surface area contributed by atoms with Crippen LogP contribution in [-0.2, 0) is 6.18 Å². The van der Waals surface area contributed by atoms with Crippen LogP contribution >= 0.6 is 11.8 Å².